The first-order chi connectivity index (χ1) is 11.8. The Kier molecular flexibility index (Phi) is 3.64. The second-order valence-electron chi connectivity index (χ2n) is 5.06. The van der Waals surface area contributed by atoms with Crippen molar-refractivity contribution in [1.29, 1.82) is 0 Å². The van der Waals surface area contributed by atoms with Crippen LogP contribution in [-0.2, 0) is 4.74 Å². The van der Waals surface area contributed by atoms with Gasteiger partial charge in [0, 0.05) is 31.1 Å². The van der Waals surface area contributed by atoms with Gasteiger partial charge in [-0.3, -0.25) is 4.57 Å². The van der Waals surface area contributed by atoms with E-state index in [0.717, 1.165) is 10.9 Å². The van der Waals surface area contributed by atoms with Gasteiger partial charge in [0.15, 0.2) is 0 Å². The average molecular weight is 321 g/mol. The van der Waals surface area contributed by atoms with Gasteiger partial charge in [0.2, 0.25) is 11.9 Å². The molecule has 1 aromatic carbocycles. The Morgan fingerprint density at radius 3 is 2.71 bits per heavy atom. The first-order valence-electron chi connectivity index (χ1n) is 7.40. The van der Waals surface area contributed by atoms with E-state index in [0.29, 0.717) is 24.6 Å². The molecule has 0 radical (unpaired) electrons. The van der Waals surface area contributed by atoms with Crippen LogP contribution in [0.4, 0.5) is 5.95 Å². The number of nitrogens with zero attached hydrogens (tertiary/aromatic N) is 6. The fraction of sp³-hybridized carbons (Fsp3) is 0.125. The Morgan fingerprint density at radius 1 is 1.00 bits per heavy atom. The molecule has 0 atom stereocenters. The zero-order valence-electron chi connectivity index (χ0n) is 13.0. The van der Waals surface area contributed by atoms with E-state index < -0.39 is 0 Å². The Labute approximate surface area is 137 Å². The lowest BCUT2D eigenvalue weighted by Gasteiger charge is -2.09. The topological polar surface area (TPSA) is 82.7 Å². The van der Waals surface area contributed by atoms with Crippen LogP contribution >= 0.6 is 0 Å². The minimum Gasteiger partial charge on any atom is -0.364 e. The summed E-state index contributed by atoms with van der Waals surface area (Å²) in [6.07, 6.45) is 5.40. The zero-order chi connectivity index (χ0) is 16.4. The standard InChI is InChI=1S/C16H15N7O/c1-24-11-17-14-19-15(21-16(20-14)23-9-4-8-18-23)22-10-7-12-5-2-3-6-13(12)22/h2-10H,11H2,1H3,(H,17,19,20,21). The molecular formula is C16H15N7O. The maximum atomic E-state index is 5.04. The Bertz CT molecular complexity index is 962. The van der Waals surface area contributed by atoms with Crippen molar-refractivity contribution in [3.05, 3.63) is 55.0 Å². The molecule has 4 aromatic rings. The molecule has 0 saturated heterocycles. The predicted molar refractivity (Wildman–Crippen MR) is 89.3 cm³/mol. The third-order valence-electron chi connectivity index (χ3n) is 3.51. The van der Waals surface area contributed by atoms with Crippen molar-refractivity contribution >= 4 is 16.9 Å². The molecule has 0 amide bonds. The monoisotopic (exact) mass is 321 g/mol. The largest absolute Gasteiger partial charge is 0.364 e. The van der Waals surface area contributed by atoms with Crippen molar-refractivity contribution in [3.8, 4) is 11.9 Å². The van der Waals surface area contributed by atoms with E-state index in [9.17, 15) is 0 Å². The third kappa shape index (κ3) is 2.59. The number of aromatic nitrogens is 6. The molecular weight excluding hydrogens is 306 g/mol. The Balaban J connectivity index is 1.86. The molecule has 0 bridgehead atoms. The molecule has 0 aliphatic rings. The molecule has 120 valence electrons. The third-order valence-corrected chi connectivity index (χ3v) is 3.51. The van der Waals surface area contributed by atoms with Gasteiger partial charge in [-0.25, -0.2) is 4.68 Å². The minimum absolute atomic E-state index is 0.300. The van der Waals surface area contributed by atoms with E-state index in [4.69, 9.17) is 4.74 Å². The maximum absolute atomic E-state index is 5.04. The van der Waals surface area contributed by atoms with Crippen LogP contribution in [0.25, 0.3) is 22.8 Å². The number of fused-ring (bicyclic) bond motifs is 1. The molecule has 0 aliphatic heterocycles. The summed E-state index contributed by atoms with van der Waals surface area (Å²) < 4.78 is 8.55. The number of benzene rings is 1. The van der Waals surface area contributed by atoms with Gasteiger partial charge >= 0.3 is 0 Å². The molecule has 1 N–H and O–H groups in total. The van der Waals surface area contributed by atoms with Crippen LogP contribution < -0.4 is 5.32 Å². The van der Waals surface area contributed by atoms with Crippen LogP contribution in [0.3, 0.4) is 0 Å². The number of hydrogen-bond donors (Lipinski definition) is 1. The van der Waals surface area contributed by atoms with Gasteiger partial charge in [-0.15, -0.1) is 0 Å². The van der Waals surface area contributed by atoms with Crippen LogP contribution in [0.5, 0.6) is 0 Å². The highest BCUT2D eigenvalue weighted by Gasteiger charge is 2.11. The van der Waals surface area contributed by atoms with E-state index in [1.807, 2.05) is 47.2 Å². The van der Waals surface area contributed by atoms with Crippen molar-refractivity contribution in [2.24, 2.45) is 0 Å². The molecule has 0 unspecified atom stereocenters. The highest BCUT2D eigenvalue weighted by molar-refractivity contribution is 5.81. The number of rotatable bonds is 5. The van der Waals surface area contributed by atoms with Crippen molar-refractivity contribution in [2.45, 2.75) is 0 Å². The molecule has 24 heavy (non-hydrogen) atoms. The van der Waals surface area contributed by atoms with Crippen molar-refractivity contribution in [3.63, 3.8) is 0 Å². The summed E-state index contributed by atoms with van der Waals surface area (Å²) in [6.45, 7) is 0.300. The lowest BCUT2D eigenvalue weighted by atomic mass is 10.2. The summed E-state index contributed by atoms with van der Waals surface area (Å²) in [6, 6.07) is 11.9. The quantitative estimate of drug-likeness (QED) is 0.566. The van der Waals surface area contributed by atoms with Crippen LogP contribution in [0.2, 0.25) is 0 Å². The van der Waals surface area contributed by atoms with Crippen molar-refractivity contribution < 1.29 is 4.74 Å². The zero-order valence-corrected chi connectivity index (χ0v) is 13.0. The van der Waals surface area contributed by atoms with Crippen LogP contribution in [0.15, 0.2) is 55.0 Å². The first-order valence-corrected chi connectivity index (χ1v) is 7.40. The predicted octanol–water partition coefficient (Wildman–Crippen LogP) is 2.02. The molecule has 3 aromatic heterocycles. The van der Waals surface area contributed by atoms with Crippen LogP contribution in [0.1, 0.15) is 0 Å². The van der Waals surface area contributed by atoms with Crippen LogP contribution in [0, 0.1) is 0 Å². The van der Waals surface area contributed by atoms with E-state index in [1.165, 1.54) is 0 Å². The number of para-hydroxylation sites is 1. The lowest BCUT2D eigenvalue weighted by molar-refractivity contribution is 0.220. The van der Waals surface area contributed by atoms with Crippen molar-refractivity contribution in [1.82, 2.24) is 29.3 Å². The first kappa shape index (κ1) is 14.3. The summed E-state index contributed by atoms with van der Waals surface area (Å²) in [5, 5.41) is 8.31. The minimum atomic E-state index is 0.300. The highest BCUT2D eigenvalue weighted by atomic mass is 16.5. The molecule has 0 aliphatic carbocycles. The second-order valence-corrected chi connectivity index (χ2v) is 5.06. The smallest absolute Gasteiger partial charge is 0.257 e. The van der Waals surface area contributed by atoms with Gasteiger partial charge in [-0.05, 0) is 18.2 Å². The van der Waals surface area contributed by atoms with Crippen molar-refractivity contribution in [2.75, 3.05) is 19.2 Å². The van der Waals surface area contributed by atoms with Gasteiger partial charge in [0.25, 0.3) is 5.95 Å². The van der Waals surface area contributed by atoms with Gasteiger partial charge in [-0.2, -0.15) is 20.1 Å². The van der Waals surface area contributed by atoms with E-state index in [2.05, 4.69) is 25.4 Å². The average Bonchev–Trinajstić information content (AvgIpc) is 3.29. The van der Waals surface area contributed by atoms with Gasteiger partial charge in [-0.1, -0.05) is 18.2 Å². The number of methoxy groups -OCH3 is 1. The summed E-state index contributed by atoms with van der Waals surface area (Å²) in [5.41, 5.74) is 1.02. The number of hydrogen-bond acceptors (Lipinski definition) is 6. The van der Waals surface area contributed by atoms with E-state index in [1.54, 1.807) is 24.2 Å². The fourth-order valence-electron chi connectivity index (χ4n) is 2.42. The van der Waals surface area contributed by atoms with Gasteiger partial charge in [0.05, 0.1) is 5.52 Å². The van der Waals surface area contributed by atoms with Crippen LogP contribution in [-0.4, -0.2) is 43.1 Å². The van der Waals surface area contributed by atoms with E-state index >= 15 is 0 Å². The molecule has 8 heteroatoms. The summed E-state index contributed by atoms with van der Waals surface area (Å²) in [4.78, 5) is 13.4. The Hall–Kier alpha value is -3.26. The fourth-order valence-corrected chi connectivity index (χ4v) is 2.42. The van der Waals surface area contributed by atoms with Gasteiger partial charge < -0.3 is 10.1 Å². The summed E-state index contributed by atoms with van der Waals surface area (Å²) in [7, 11) is 1.60. The maximum Gasteiger partial charge on any atom is 0.257 e. The number of ether oxygens (including phenoxy) is 1. The Morgan fingerprint density at radius 2 is 1.88 bits per heavy atom. The molecule has 3 heterocycles. The molecule has 0 fully saturated rings. The molecule has 0 saturated carbocycles. The highest BCUT2D eigenvalue weighted by Crippen LogP contribution is 2.19. The number of anilines is 1. The molecule has 0 spiro atoms. The lowest BCUT2D eigenvalue weighted by Crippen LogP contribution is -2.14. The number of nitrogens with one attached hydrogen (secondary N) is 1. The summed E-state index contributed by atoms with van der Waals surface area (Å²) in [5.74, 6) is 1.36. The SMILES string of the molecule is COCNc1nc(-n2cccn2)nc(-n2ccc3ccccc32)n1. The second kappa shape index (κ2) is 6.09. The van der Waals surface area contributed by atoms with E-state index in [-0.39, 0.29) is 0 Å². The summed E-state index contributed by atoms with van der Waals surface area (Å²) >= 11 is 0. The molecule has 8 nitrogen and oxygen atoms in total. The molecule has 4 rings (SSSR count). The van der Waals surface area contributed by atoms with Gasteiger partial charge in [0.1, 0.15) is 6.73 Å². The normalized spacial score (nSPS) is 11.0.